The molecule has 0 spiro atoms. The minimum absolute atomic E-state index is 0.0471. The molecule has 5 heteroatoms. The first-order valence-corrected chi connectivity index (χ1v) is 7.04. The van der Waals surface area contributed by atoms with Crippen molar-refractivity contribution in [3.8, 4) is 0 Å². The van der Waals surface area contributed by atoms with Gasteiger partial charge in [-0.15, -0.1) is 0 Å². The van der Waals surface area contributed by atoms with Gasteiger partial charge in [0.05, 0.1) is 17.9 Å². The van der Waals surface area contributed by atoms with Gasteiger partial charge in [0.2, 0.25) is 5.91 Å². The van der Waals surface area contributed by atoms with Crippen molar-refractivity contribution in [3.63, 3.8) is 0 Å². The molecule has 1 unspecified atom stereocenters. The van der Waals surface area contributed by atoms with Crippen LogP contribution in [0.5, 0.6) is 0 Å². The number of rotatable bonds is 2. The average molecular weight is 305 g/mol. The molecular formula is C16H14ClFN2O. The standard InChI is InChI=1S/C16H14ClFN2O/c1-10-16(21)20(9-11-3-2-4-12(17)7-11)15-6-5-13(18)8-14(15)19-10/h2-8,10,19H,9H2,1H3. The molecule has 1 amide bonds. The van der Waals surface area contributed by atoms with Crippen molar-refractivity contribution in [2.75, 3.05) is 10.2 Å². The van der Waals surface area contributed by atoms with Gasteiger partial charge in [-0.1, -0.05) is 23.7 Å². The SMILES string of the molecule is CC1Nc2cc(F)ccc2N(Cc2cccc(Cl)c2)C1=O. The Kier molecular flexibility index (Phi) is 3.55. The molecule has 0 saturated carbocycles. The van der Waals surface area contributed by atoms with Crippen molar-refractivity contribution < 1.29 is 9.18 Å². The Labute approximate surface area is 127 Å². The molecule has 0 radical (unpaired) electrons. The zero-order chi connectivity index (χ0) is 15.0. The number of halogens is 2. The van der Waals surface area contributed by atoms with Crippen LogP contribution in [0.4, 0.5) is 15.8 Å². The van der Waals surface area contributed by atoms with E-state index in [0.717, 1.165) is 5.56 Å². The molecule has 2 aromatic carbocycles. The summed E-state index contributed by atoms with van der Waals surface area (Å²) < 4.78 is 13.4. The maximum atomic E-state index is 13.4. The van der Waals surface area contributed by atoms with Crippen molar-refractivity contribution in [3.05, 3.63) is 58.9 Å². The zero-order valence-corrected chi connectivity index (χ0v) is 12.2. The van der Waals surface area contributed by atoms with Gasteiger partial charge in [0.15, 0.2) is 0 Å². The van der Waals surface area contributed by atoms with Crippen molar-refractivity contribution in [2.45, 2.75) is 19.5 Å². The molecule has 1 atom stereocenters. The van der Waals surface area contributed by atoms with Gasteiger partial charge < -0.3 is 10.2 Å². The Hall–Kier alpha value is -2.07. The molecule has 0 bridgehead atoms. The van der Waals surface area contributed by atoms with E-state index in [1.807, 2.05) is 18.2 Å². The molecule has 1 aliphatic heterocycles. The summed E-state index contributed by atoms with van der Waals surface area (Å²) in [6.07, 6.45) is 0. The highest BCUT2D eigenvalue weighted by Crippen LogP contribution is 2.33. The Balaban J connectivity index is 1.99. The first-order valence-electron chi connectivity index (χ1n) is 6.66. The molecule has 1 N–H and O–H groups in total. The number of nitrogens with zero attached hydrogens (tertiary/aromatic N) is 1. The molecule has 3 rings (SSSR count). The van der Waals surface area contributed by atoms with Gasteiger partial charge in [-0.3, -0.25) is 4.79 Å². The molecule has 3 nitrogen and oxygen atoms in total. The molecule has 1 aliphatic rings. The Morgan fingerprint density at radius 1 is 1.29 bits per heavy atom. The van der Waals surface area contributed by atoms with Crippen LogP contribution in [-0.4, -0.2) is 11.9 Å². The predicted octanol–water partition coefficient (Wildman–Crippen LogP) is 3.83. The van der Waals surface area contributed by atoms with E-state index in [9.17, 15) is 9.18 Å². The highest BCUT2D eigenvalue weighted by atomic mass is 35.5. The Bertz CT molecular complexity index is 704. The zero-order valence-electron chi connectivity index (χ0n) is 11.4. The van der Waals surface area contributed by atoms with E-state index >= 15 is 0 Å². The number of hydrogen-bond donors (Lipinski definition) is 1. The Morgan fingerprint density at radius 3 is 2.86 bits per heavy atom. The molecule has 1 heterocycles. The predicted molar refractivity (Wildman–Crippen MR) is 82.1 cm³/mol. The summed E-state index contributed by atoms with van der Waals surface area (Å²) in [4.78, 5) is 14.1. The van der Waals surface area contributed by atoms with Crippen LogP contribution in [0.3, 0.4) is 0 Å². The number of amides is 1. The van der Waals surface area contributed by atoms with Gasteiger partial charge in [-0.25, -0.2) is 4.39 Å². The lowest BCUT2D eigenvalue weighted by Crippen LogP contribution is -2.45. The van der Waals surface area contributed by atoms with Crippen LogP contribution in [0.2, 0.25) is 5.02 Å². The lowest BCUT2D eigenvalue weighted by Gasteiger charge is -2.34. The summed E-state index contributed by atoms with van der Waals surface area (Å²) in [7, 11) is 0. The molecule has 0 fully saturated rings. The second-order valence-electron chi connectivity index (χ2n) is 5.08. The maximum absolute atomic E-state index is 13.4. The van der Waals surface area contributed by atoms with Crippen LogP contribution in [0.25, 0.3) is 0 Å². The van der Waals surface area contributed by atoms with Gasteiger partial charge in [-0.2, -0.15) is 0 Å². The number of anilines is 2. The molecule has 0 aliphatic carbocycles. The van der Waals surface area contributed by atoms with E-state index in [0.29, 0.717) is 22.9 Å². The topological polar surface area (TPSA) is 32.3 Å². The minimum atomic E-state index is -0.390. The fraction of sp³-hybridized carbons (Fsp3) is 0.188. The summed E-state index contributed by atoms with van der Waals surface area (Å²) in [5.74, 6) is -0.375. The molecular weight excluding hydrogens is 291 g/mol. The largest absolute Gasteiger partial charge is 0.372 e. The molecule has 0 saturated heterocycles. The first kappa shape index (κ1) is 13.9. The van der Waals surface area contributed by atoms with Crippen molar-refractivity contribution >= 4 is 28.9 Å². The summed E-state index contributed by atoms with van der Waals surface area (Å²) in [6.45, 7) is 2.17. The van der Waals surface area contributed by atoms with Crippen LogP contribution in [0.1, 0.15) is 12.5 Å². The van der Waals surface area contributed by atoms with Crippen LogP contribution >= 0.6 is 11.6 Å². The Morgan fingerprint density at radius 2 is 2.10 bits per heavy atom. The lowest BCUT2D eigenvalue weighted by atomic mass is 10.1. The summed E-state index contributed by atoms with van der Waals surface area (Å²) >= 11 is 5.98. The van der Waals surface area contributed by atoms with E-state index in [-0.39, 0.29) is 11.7 Å². The number of carbonyl (C=O) groups excluding carboxylic acids is 1. The second-order valence-corrected chi connectivity index (χ2v) is 5.52. The first-order chi connectivity index (χ1) is 10.0. The number of carbonyl (C=O) groups is 1. The highest BCUT2D eigenvalue weighted by molar-refractivity contribution is 6.30. The van der Waals surface area contributed by atoms with Crippen molar-refractivity contribution in [2.24, 2.45) is 0 Å². The van der Waals surface area contributed by atoms with E-state index in [1.54, 1.807) is 24.0 Å². The summed E-state index contributed by atoms with van der Waals surface area (Å²) in [5.41, 5.74) is 2.24. The third-order valence-electron chi connectivity index (χ3n) is 3.49. The van der Waals surface area contributed by atoms with Crippen LogP contribution in [0.15, 0.2) is 42.5 Å². The number of hydrogen-bond acceptors (Lipinski definition) is 2. The van der Waals surface area contributed by atoms with Gasteiger partial charge in [0.25, 0.3) is 0 Å². The van der Waals surface area contributed by atoms with E-state index in [1.165, 1.54) is 12.1 Å². The quantitative estimate of drug-likeness (QED) is 0.914. The number of nitrogens with one attached hydrogen (secondary N) is 1. The van der Waals surface area contributed by atoms with Crippen molar-refractivity contribution in [1.82, 2.24) is 0 Å². The van der Waals surface area contributed by atoms with Crippen molar-refractivity contribution in [1.29, 1.82) is 0 Å². The molecule has 108 valence electrons. The van der Waals surface area contributed by atoms with E-state index in [2.05, 4.69) is 5.32 Å². The van der Waals surface area contributed by atoms with Gasteiger partial charge in [0.1, 0.15) is 11.9 Å². The van der Waals surface area contributed by atoms with E-state index < -0.39 is 6.04 Å². The minimum Gasteiger partial charge on any atom is -0.372 e. The lowest BCUT2D eigenvalue weighted by molar-refractivity contribution is -0.119. The van der Waals surface area contributed by atoms with Gasteiger partial charge in [-0.05, 0) is 42.8 Å². The molecule has 21 heavy (non-hydrogen) atoms. The molecule has 2 aromatic rings. The molecule has 0 aromatic heterocycles. The fourth-order valence-electron chi connectivity index (χ4n) is 2.49. The van der Waals surface area contributed by atoms with Crippen LogP contribution in [-0.2, 0) is 11.3 Å². The third kappa shape index (κ3) is 2.72. The van der Waals surface area contributed by atoms with Crippen LogP contribution < -0.4 is 10.2 Å². The number of fused-ring (bicyclic) bond motifs is 1. The summed E-state index contributed by atoms with van der Waals surface area (Å²) in [5, 5.41) is 3.65. The second kappa shape index (κ2) is 5.37. The average Bonchev–Trinajstić information content (AvgIpc) is 2.44. The van der Waals surface area contributed by atoms with Gasteiger partial charge >= 0.3 is 0 Å². The highest BCUT2D eigenvalue weighted by Gasteiger charge is 2.29. The monoisotopic (exact) mass is 304 g/mol. The normalized spacial score (nSPS) is 17.4. The van der Waals surface area contributed by atoms with Gasteiger partial charge in [0, 0.05) is 5.02 Å². The fourth-order valence-corrected chi connectivity index (χ4v) is 2.70. The summed E-state index contributed by atoms with van der Waals surface area (Å²) in [6, 6.07) is 11.4. The number of benzene rings is 2. The third-order valence-corrected chi connectivity index (χ3v) is 3.72. The van der Waals surface area contributed by atoms with E-state index in [4.69, 9.17) is 11.6 Å². The van der Waals surface area contributed by atoms with Crippen LogP contribution in [0, 0.1) is 5.82 Å². The smallest absolute Gasteiger partial charge is 0.249 e. The maximum Gasteiger partial charge on any atom is 0.249 e.